The van der Waals surface area contributed by atoms with E-state index in [1.165, 1.54) is 0 Å². The predicted molar refractivity (Wildman–Crippen MR) is 87.5 cm³/mol. The van der Waals surface area contributed by atoms with Crippen LogP contribution in [0.2, 0.25) is 10.0 Å². The molecule has 1 fully saturated rings. The minimum Gasteiger partial charge on any atom is -0.363 e. The number of rotatable bonds is 1. The third kappa shape index (κ3) is 2.98. The monoisotopic (exact) mass is 342 g/mol. The summed E-state index contributed by atoms with van der Waals surface area (Å²) >= 11 is 12.4. The van der Waals surface area contributed by atoms with Crippen molar-refractivity contribution in [1.82, 2.24) is 10.2 Å². The van der Waals surface area contributed by atoms with Crippen LogP contribution in [0.5, 0.6) is 0 Å². The number of benzene rings is 1. The van der Waals surface area contributed by atoms with Crippen molar-refractivity contribution < 1.29 is 9.53 Å². The summed E-state index contributed by atoms with van der Waals surface area (Å²) < 4.78 is 5.78. The fraction of sp³-hybridized carbons (Fsp3) is 0.562. The topological polar surface area (TPSA) is 41.6 Å². The van der Waals surface area contributed by atoms with Crippen LogP contribution in [-0.2, 0) is 16.0 Å². The summed E-state index contributed by atoms with van der Waals surface area (Å²) in [5.41, 5.74) is 2.13. The van der Waals surface area contributed by atoms with Crippen LogP contribution in [0.15, 0.2) is 12.1 Å². The van der Waals surface area contributed by atoms with Crippen molar-refractivity contribution in [2.24, 2.45) is 0 Å². The summed E-state index contributed by atoms with van der Waals surface area (Å²) in [6.45, 7) is 5.99. The molecular formula is C16H20Cl2N2O2. The molecule has 0 unspecified atom stereocenters. The number of nitrogens with one attached hydrogen (secondary N) is 1. The van der Waals surface area contributed by atoms with Crippen molar-refractivity contribution >= 4 is 29.1 Å². The Kier molecular flexibility index (Phi) is 4.64. The van der Waals surface area contributed by atoms with Gasteiger partial charge in [0.25, 0.3) is 5.91 Å². The first-order valence-corrected chi connectivity index (χ1v) is 8.37. The van der Waals surface area contributed by atoms with Gasteiger partial charge in [-0.3, -0.25) is 4.79 Å². The SMILES string of the molecule is C[C@H]1CNC[C@H](C(=O)N2CCc3cc(Cl)cc(Cl)c3[C@@H]2C)O1. The first-order chi connectivity index (χ1) is 10.5. The molecule has 1 saturated heterocycles. The van der Waals surface area contributed by atoms with E-state index in [-0.39, 0.29) is 18.1 Å². The molecule has 0 aliphatic carbocycles. The number of hydrogen-bond acceptors (Lipinski definition) is 3. The predicted octanol–water partition coefficient (Wildman–Crippen LogP) is 2.82. The Morgan fingerprint density at radius 3 is 2.82 bits per heavy atom. The van der Waals surface area contributed by atoms with Gasteiger partial charge in [-0.05, 0) is 43.5 Å². The molecule has 22 heavy (non-hydrogen) atoms. The first-order valence-electron chi connectivity index (χ1n) is 7.62. The number of nitrogens with zero attached hydrogens (tertiary/aromatic N) is 1. The van der Waals surface area contributed by atoms with Crippen molar-refractivity contribution in [2.75, 3.05) is 19.6 Å². The zero-order chi connectivity index (χ0) is 15.9. The molecule has 0 saturated carbocycles. The molecule has 120 valence electrons. The second-order valence-electron chi connectivity index (χ2n) is 6.01. The van der Waals surface area contributed by atoms with Gasteiger partial charge < -0.3 is 15.0 Å². The van der Waals surface area contributed by atoms with Gasteiger partial charge >= 0.3 is 0 Å². The molecule has 0 spiro atoms. The van der Waals surface area contributed by atoms with Crippen LogP contribution in [0, 0.1) is 0 Å². The highest BCUT2D eigenvalue weighted by atomic mass is 35.5. The lowest BCUT2D eigenvalue weighted by Gasteiger charge is -2.39. The lowest BCUT2D eigenvalue weighted by molar-refractivity contribution is -0.152. The fourth-order valence-corrected chi connectivity index (χ4v) is 4.02. The summed E-state index contributed by atoms with van der Waals surface area (Å²) in [7, 11) is 0. The Hall–Kier alpha value is -0.810. The first kappa shape index (κ1) is 16.1. The Morgan fingerprint density at radius 1 is 1.32 bits per heavy atom. The number of ether oxygens (including phenoxy) is 1. The van der Waals surface area contributed by atoms with E-state index in [0.717, 1.165) is 24.1 Å². The Morgan fingerprint density at radius 2 is 2.09 bits per heavy atom. The molecule has 2 aliphatic heterocycles. The van der Waals surface area contributed by atoms with Gasteiger partial charge in [-0.25, -0.2) is 0 Å². The third-order valence-corrected chi connectivity index (χ3v) is 4.93. The summed E-state index contributed by atoms with van der Waals surface area (Å²) in [5.74, 6) is 0.0308. The lowest BCUT2D eigenvalue weighted by atomic mass is 9.93. The summed E-state index contributed by atoms with van der Waals surface area (Å²) in [5, 5.41) is 4.51. The second kappa shape index (κ2) is 6.36. The normalized spacial score (nSPS) is 28.4. The quantitative estimate of drug-likeness (QED) is 0.853. The van der Waals surface area contributed by atoms with Crippen LogP contribution in [0.25, 0.3) is 0 Å². The molecule has 0 radical (unpaired) electrons. The number of halogens is 2. The number of carbonyl (C=O) groups excluding carboxylic acids is 1. The Labute approximate surface area is 140 Å². The number of carbonyl (C=O) groups is 1. The summed E-state index contributed by atoms with van der Waals surface area (Å²) in [6.07, 6.45) is 0.401. The van der Waals surface area contributed by atoms with E-state index in [2.05, 4.69) is 5.32 Å². The molecule has 0 bridgehead atoms. The molecule has 0 aromatic heterocycles. The maximum Gasteiger partial charge on any atom is 0.253 e. The van der Waals surface area contributed by atoms with Gasteiger partial charge in [0.1, 0.15) is 6.10 Å². The van der Waals surface area contributed by atoms with E-state index in [4.69, 9.17) is 27.9 Å². The van der Waals surface area contributed by atoms with Gasteiger partial charge in [-0.2, -0.15) is 0 Å². The molecule has 3 atom stereocenters. The molecule has 1 aromatic carbocycles. The molecule has 1 amide bonds. The van der Waals surface area contributed by atoms with Gasteiger partial charge in [0, 0.05) is 29.7 Å². The molecule has 3 rings (SSSR count). The highest BCUT2D eigenvalue weighted by molar-refractivity contribution is 6.35. The Balaban J connectivity index is 1.83. The van der Waals surface area contributed by atoms with Crippen LogP contribution in [0.3, 0.4) is 0 Å². The Bertz CT molecular complexity index is 594. The number of fused-ring (bicyclic) bond motifs is 1. The second-order valence-corrected chi connectivity index (χ2v) is 6.86. The molecule has 4 nitrogen and oxygen atoms in total. The maximum atomic E-state index is 12.8. The number of amides is 1. The average molecular weight is 343 g/mol. The molecule has 1 N–H and O–H groups in total. The molecule has 2 aliphatic rings. The van der Waals surface area contributed by atoms with Gasteiger partial charge in [0.05, 0.1) is 12.1 Å². The van der Waals surface area contributed by atoms with E-state index in [1.54, 1.807) is 6.07 Å². The maximum absolute atomic E-state index is 12.8. The highest BCUT2D eigenvalue weighted by Gasteiger charge is 2.35. The lowest BCUT2D eigenvalue weighted by Crippen LogP contribution is -2.53. The van der Waals surface area contributed by atoms with Crippen LogP contribution in [-0.4, -0.2) is 42.6 Å². The van der Waals surface area contributed by atoms with Gasteiger partial charge in [0.15, 0.2) is 0 Å². The molecule has 1 aromatic rings. The number of hydrogen-bond donors (Lipinski definition) is 1. The minimum atomic E-state index is -0.418. The van der Waals surface area contributed by atoms with E-state index in [9.17, 15) is 4.79 Å². The van der Waals surface area contributed by atoms with E-state index < -0.39 is 6.10 Å². The highest BCUT2D eigenvalue weighted by Crippen LogP contribution is 2.37. The standard InChI is InChI=1S/C16H20Cl2N2O2/c1-9-7-19-8-14(22-9)16(21)20-4-3-11-5-12(17)6-13(18)15(11)10(20)2/h5-6,9-10,14,19H,3-4,7-8H2,1-2H3/t9-,10-,14+/m0/s1. The van der Waals surface area contributed by atoms with Gasteiger partial charge in [0.2, 0.25) is 0 Å². The van der Waals surface area contributed by atoms with Crippen molar-refractivity contribution in [3.8, 4) is 0 Å². The van der Waals surface area contributed by atoms with Crippen LogP contribution in [0.4, 0.5) is 0 Å². The van der Waals surface area contributed by atoms with Gasteiger partial charge in [-0.15, -0.1) is 0 Å². The van der Waals surface area contributed by atoms with Crippen LogP contribution in [0.1, 0.15) is 31.0 Å². The van der Waals surface area contributed by atoms with Crippen molar-refractivity contribution in [3.05, 3.63) is 33.3 Å². The van der Waals surface area contributed by atoms with Crippen LogP contribution >= 0.6 is 23.2 Å². The average Bonchev–Trinajstić information content (AvgIpc) is 2.46. The summed E-state index contributed by atoms with van der Waals surface area (Å²) in [6, 6.07) is 3.62. The van der Waals surface area contributed by atoms with E-state index >= 15 is 0 Å². The van der Waals surface area contributed by atoms with E-state index in [0.29, 0.717) is 23.1 Å². The number of morpholine rings is 1. The van der Waals surface area contributed by atoms with Gasteiger partial charge in [-0.1, -0.05) is 23.2 Å². The minimum absolute atomic E-state index is 0.0308. The molecule has 6 heteroatoms. The van der Waals surface area contributed by atoms with Crippen molar-refractivity contribution in [3.63, 3.8) is 0 Å². The van der Waals surface area contributed by atoms with Crippen molar-refractivity contribution in [2.45, 2.75) is 38.5 Å². The zero-order valence-corrected chi connectivity index (χ0v) is 14.2. The molecular weight excluding hydrogens is 323 g/mol. The summed E-state index contributed by atoms with van der Waals surface area (Å²) in [4.78, 5) is 14.7. The van der Waals surface area contributed by atoms with E-state index in [1.807, 2.05) is 24.8 Å². The zero-order valence-electron chi connectivity index (χ0n) is 12.7. The third-order valence-electron chi connectivity index (χ3n) is 4.40. The van der Waals surface area contributed by atoms with Crippen molar-refractivity contribution in [1.29, 1.82) is 0 Å². The fourth-order valence-electron chi connectivity index (χ4n) is 3.33. The largest absolute Gasteiger partial charge is 0.363 e. The van der Waals surface area contributed by atoms with Crippen LogP contribution < -0.4 is 5.32 Å². The molecule has 2 heterocycles. The smallest absolute Gasteiger partial charge is 0.253 e.